The highest BCUT2D eigenvalue weighted by atomic mass is 79.9. The molecule has 0 radical (unpaired) electrons. The third-order valence-electron chi connectivity index (χ3n) is 4.85. The lowest BCUT2D eigenvalue weighted by atomic mass is 10.3. The molecule has 4 rings (SSSR count). The highest BCUT2D eigenvalue weighted by molar-refractivity contribution is 9.10. The maximum atomic E-state index is 13.0. The van der Waals surface area contributed by atoms with Crippen molar-refractivity contribution in [1.29, 1.82) is 0 Å². The van der Waals surface area contributed by atoms with Gasteiger partial charge in [0.1, 0.15) is 5.69 Å². The van der Waals surface area contributed by atoms with Crippen LogP contribution in [0, 0.1) is 0 Å². The fraction of sp³-hybridized carbons (Fsp3) is 0.200. The molecule has 29 heavy (non-hydrogen) atoms. The van der Waals surface area contributed by atoms with Gasteiger partial charge >= 0.3 is 0 Å². The Hall–Kier alpha value is -2.49. The molecule has 0 atom stereocenters. The van der Waals surface area contributed by atoms with Crippen LogP contribution in [0.15, 0.2) is 76.5 Å². The lowest BCUT2D eigenvalue weighted by Crippen LogP contribution is -2.50. The van der Waals surface area contributed by atoms with Gasteiger partial charge in [-0.05, 0) is 30.3 Å². The Kier molecular flexibility index (Phi) is 5.53. The zero-order valence-electron chi connectivity index (χ0n) is 15.5. The van der Waals surface area contributed by atoms with Gasteiger partial charge in [-0.25, -0.2) is 13.4 Å². The quantitative estimate of drug-likeness (QED) is 0.582. The topological polar surface area (TPSA) is 75.5 Å². The van der Waals surface area contributed by atoms with Crippen LogP contribution in [-0.2, 0) is 10.0 Å². The second kappa shape index (κ2) is 8.10. The largest absolute Gasteiger partial charge is 0.335 e. The number of sulfonamides is 1. The molecule has 0 N–H and O–H groups in total. The molecule has 1 fully saturated rings. The first-order chi connectivity index (χ1) is 14.0. The lowest BCUT2D eigenvalue weighted by Gasteiger charge is -2.34. The fourth-order valence-corrected chi connectivity index (χ4v) is 5.34. The normalized spacial score (nSPS) is 15.4. The molecule has 0 saturated carbocycles. The van der Waals surface area contributed by atoms with Crippen LogP contribution in [0.1, 0.15) is 10.5 Å². The fourth-order valence-electron chi connectivity index (χ4n) is 3.32. The van der Waals surface area contributed by atoms with Gasteiger partial charge in [0, 0.05) is 36.3 Å². The van der Waals surface area contributed by atoms with Crippen LogP contribution in [-0.4, -0.2) is 59.3 Å². The third-order valence-corrected chi connectivity index (χ3v) is 7.24. The Labute approximate surface area is 177 Å². The Morgan fingerprint density at radius 3 is 2.38 bits per heavy atom. The predicted molar refractivity (Wildman–Crippen MR) is 112 cm³/mol. The highest BCUT2D eigenvalue weighted by Gasteiger charge is 2.31. The summed E-state index contributed by atoms with van der Waals surface area (Å²) in [6.07, 6.45) is 3.15. The third kappa shape index (κ3) is 3.98. The molecular formula is C20H19BrN4O3S. The van der Waals surface area contributed by atoms with E-state index in [2.05, 4.69) is 20.9 Å². The van der Waals surface area contributed by atoms with Crippen LogP contribution in [0.25, 0.3) is 5.69 Å². The number of amides is 1. The number of benzene rings is 2. The first-order valence-corrected chi connectivity index (χ1v) is 11.3. The summed E-state index contributed by atoms with van der Waals surface area (Å²) < 4.78 is 29.6. The number of aromatic nitrogens is 2. The van der Waals surface area contributed by atoms with Gasteiger partial charge in [-0.2, -0.15) is 4.31 Å². The van der Waals surface area contributed by atoms with Crippen molar-refractivity contribution in [2.24, 2.45) is 0 Å². The Morgan fingerprint density at radius 2 is 1.69 bits per heavy atom. The van der Waals surface area contributed by atoms with Crippen molar-refractivity contribution in [1.82, 2.24) is 18.8 Å². The number of hydrogen-bond acceptors (Lipinski definition) is 4. The Balaban J connectivity index is 1.48. The zero-order chi connectivity index (χ0) is 20.4. The molecule has 0 bridgehead atoms. The number of carbonyl (C=O) groups excluding carboxylic acids is 1. The van der Waals surface area contributed by atoms with Crippen LogP contribution in [0.5, 0.6) is 0 Å². The number of halogens is 1. The van der Waals surface area contributed by atoms with Crippen LogP contribution in [0.2, 0.25) is 0 Å². The first-order valence-electron chi connectivity index (χ1n) is 9.09. The summed E-state index contributed by atoms with van der Waals surface area (Å²) in [7, 11) is -3.59. The number of carbonyl (C=O) groups is 1. The molecule has 1 amide bonds. The smallest absolute Gasteiger partial charge is 0.272 e. The molecular weight excluding hydrogens is 456 g/mol. The number of piperazine rings is 1. The van der Waals surface area contributed by atoms with Gasteiger partial charge in [-0.15, -0.1) is 0 Å². The van der Waals surface area contributed by atoms with Gasteiger partial charge in [0.05, 0.1) is 17.4 Å². The van der Waals surface area contributed by atoms with E-state index in [1.54, 1.807) is 46.3 Å². The molecule has 7 nitrogen and oxygen atoms in total. The van der Waals surface area contributed by atoms with Gasteiger partial charge in [-0.3, -0.25) is 9.36 Å². The maximum absolute atomic E-state index is 13.0. The van der Waals surface area contributed by atoms with E-state index < -0.39 is 10.0 Å². The first kappa shape index (κ1) is 19.8. The van der Waals surface area contributed by atoms with E-state index in [9.17, 15) is 13.2 Å². The number of rotatable bonds is 4. The average molecular weight is 475 g/mol. The molecule has 2 heterocycles. The minimum Gasteiger partial charge on any atom is -0.335 e. The molecule has 1 aromatic heterocycles. The molecule has 2 aromatic carbocycles. The van der Waals surface area contributed by atoms with E-state index in [-0.39, 0.29) is 23.9 Å². The summed E-state index contributed by atoms with van der Waals surface area (Å²) in [6, 6.07) is 16.2. The summed E-state index contributed by atoms with van der Waals surface area (Å²) >= 11 is 3.31. The minimum atomic E-state index is -3.59. The summed E-state index contributed by atoms with van der Waals surface area (Å²) in [5, 5.41) is 0. The Morgan fingerprint density at radius 1 is 0.966 bits per heavy atom. The van der Waals surface area contributed by atoms with Gasteiger partial charge in [-0.1, -0.05) is 40.2 Å². The van der Waals surface area contributed by atoms with E-state index in [0.717, 1.165) is 5.69 Å². The van der Waals surface area contributed by atoms with Crippen molar-refractivity contribution in [3.05, 3.63) is 77.3 Å². The number of imidazole rings is 1. The number of nitrogens with zero attached hydrogens (tertiary/aromatic N) is 4. The standard InChI is InChI=1S/C20H19BrN4O3S/c21-16-5-4-8-18(13-16)29(27,28)24-11-9-23(10-12-24)20(26)19-14-22-15-25(19)17-6-2-1-3-7-17/h1-8,13-15H,9-12H2. The molecule has 0 spiro atoms. The molecule has 1 aliphatic heterocycles. The molecule has 0 aliphatic carbocycles. The monoisotopic (exact) mass is 474 g/mol. The second-order valence-corrected chi connectivity index (χ2v) is 9.49. The van der Waals surface area contributed by atoms with E-state index >= 15 is 0 Å². The molecule has 150 valence electrons. The Bertz CT molecular complexity index is 1120. The van der Waals surface area contributed by atoms with E-state index in [1.807, 2.05) is 30.3 Å². The molecule has 9 heteroatoms. The van der Waals surface area contributed by atoms with Crippen molar-refractivity contribution in [3.8, 4) is 5.69 Å². The van der Waals surface area contributed by atoms with Crippen LogP contribution in [0.3, 0.4) is 0 Å². The van der Waals surface area contributed by atoms with Crippen LogP contribution >= 0.6 is 15.9 Å². The van der Waals surface area contributed by atoms with Crippen LogP contribution in [0.4, 0.5) is 0 Å². The molecule has 3 aromatic rings. The summed E-state index contributed by atoms with van der Waals surface area (Å²) in [4.78, 5) is 19.1. The van der Waals surface area contributed by atoms with Gasteiger partial charge in [0.25, 0.3) is 5.91 Å². The van der Waals surface area contributed by atoms with E-state index in [0.29, 0.717) is 23.3 Å². The molecule has 1 saturated heterocycles. The minimum absolute atomic E-state index is 0.161. The highest BCUT2D eigenvalue weighted by Crippen LogP contribution is 2.22. The SMILES string of the molecule is O=C(c1cncn1-c1ccccc1)N1CCN(S(=O)(=O)c2cccc(Br)c2)CC1. The average Bonchev–Trinajstić information content (AvgIpc) is 3.24. The van der Waals surface area contributed by atoms with Crippen LogP contribution < -0.4 is 0 Å². The van der Waals surface area contributed by atoms with Crippen molar-refractivity contribution in [2.75, 3.05) is 26.2 Å². The molecule has 1 aliphatic rings. The van der Waals surface area contributed by atoms with E-state index in [1.165, 1.54) is 4.31 Å². The van der Waals surface area contributed by atoms with Crippen molar-refractivity contribution in [3.63, 3.8) is 0 Å². The van der Waals surface area contributed by atoms with Gasteiger partial charge < -0.3 is 4.90 Å². The number of hydrogen-bond donors (Lipinski definition) is 0. The number of para-hydroxylation sites is 1. The summed E-state index contributed by atoms with van der Waals surface area (Å²) in [5.74, 6) is -0.161. The lowest BCUT2D eigenvalue weighted by molar-refractivity contribution is 0.0690. The van der Waals surface area contributed by atoms with Crippen molar-refractivity contribution >= 4 is 31.9 Å². The molecule has 0 unspecified atom stereocenters. The second-order valence-electron chi connectivity index (χ2n) is 6.64. The van der Waals surface area contributed by atoms with Crippen molar-refractivity contribution < 1.29 is 13.2 Å². The van der Waals surface area contributed by atoms with Gasteiger partial charge in [0.2, 0.25) is 10.0 Å². The summed E-state index contributed by atoms with van der Waals surface area (Å²) in [5.41, 5.74) is 1.31. The zero-order valence-corrected chi connectivity index (χ0v) is 17.9. The summed E-state index contributed by atoms with van der Waals surface area (Å²) in [6.45, 7) is 1.15. The van der Waals surface area contributed by atoms with Crippen molar-refractivity contribution in [2.45, 2.75) is 4.90 Å². The van der Waals surface area contributed by atoms with Gasteiger partial charge in [0.15, 0.2) is 0 Å². The van der Waals surface area contributed by atoms with E-state index in [4.69, 9.17) is 0 Å². The predicted octanol–water partition coefficient (Wildman–Crippen LogP) is 2.78. The maximum Gasteiger partial charge on any atom is 0.272 e.